The van der Waals surface area contributed by atoms with E-state index in [1.165, 1.54) is 6.07 Å². The Balaban J connectivity index is 2.24. The summed E-state index contributed by atoms with van der Waals surface area (Å²) in [7, 11) is 0. The van der Waals surface area contributed by atoms with Gasteiger partial charge in [0.15, 0.2) is 5.78 Å². The lowest BCUT2D eigenvalue weighted by Crippen LogP contribution is -2.07. The maximum atomic E-state index is 13.6. The molecule has 1 aromatic heterocycles. The predicted octanol–water partition coefficient (Wildman–Crippen LogP) is 3.72. The van der Waals surface area contributed by atoms with Crippen LogP contribution in [0.3, 0.4) is 0 Å². The van der Waals surface area contributed by atoms with Gasteiger partial charge in [-0.15, -0.1) is 0 Å². The normalized spacial score (nSPS) is 10.4. The second-order valence-corrected chi connectivity index (χ2v) is 4.89. The zero-order valence-electron chi connectivity index (χ0n) is 9.78. The van der Waals surface area contributed by atoms with E-state index in [9.17, 15) is 9.18 Å². The Kier molecular flexibility index (Phi) is 3.87. The first kappa shape index (κ1) is 12.9. The highest BCUT2D eigenvalue weighted by atomic mass is 79.9. The van der Waals surface area contributed by atoms with Crippen LogP contribution in [0.25, 0.3) is 0 Å². The van der Waals surface area contributed by atoms with Gasteiger partial charge in [-0.3, -0.25) is 9.78 Å². The van der Waals surface area contributed by atoms with Crippen LogP contribution in [0, 0.1) is 12.7 Å². The van der Waals surface area contributed by atoms with Gasteiger partial charge in [0.1, 0.15) is 5.82 Å². The maximum absolute atomic E-state index is 13.6. The second-order valence-electron chi connectivity index (χ2n) is 3.97. The summed E-state index contributed by atoms with van der Waals surface area (Å²) in [4.78, 5) is 16.1. The van der Waals surface area contributed by atoms with Crippen molar-refractivity contribution in [2.45, 2.75) is 13.3 Å². The van der Waals surface area contributed by atoms with E-state index in [0.29, 0.717) is 21.3 Å². The molecule has 0 aliphatic rings. The van der Waals surface area contributed by atoms with Crippen molar-refractivity contribution in [1.29, 1.82) is 0 Å². The largest absolute Gasteiger partial charge is 0.294 e. The summed E-state index contributed by atoms with van der Waals surface area (Å²) in [5, 5.41) is 0. The van der Waals surface area contributed by atoms with Crippen molar-refractivity contribution < 1.29 is 9.18 Å². The van der Waals surface area contributed by atoms with Crippen molar-refractivity contribution >= 4 is 21.7 Å². The topological polar surface area (TPSA) is 30.0 Å². The van der Waals surface area contributed by atoms with E-state index in [4.69, 9.17) is 0 Å². The lowest BCUT2D eigenvalue weighted by molar-refractivity contribution is 0.0991. The number of hydrogen-bond donors (Lipinski definition) is 0. The van der Waals surface area contributed by atoms with Crippen molar-refractivity contribution in [3.8, 4) is 0 Å². The quantitative estimate of drug-likeness (QED) is 0.809. The van der Waals surface area contributed by atoms with Crippen molar-refractivity contribution in [3.63, 3.8) is 0 Å². The molecule has 0 unspecified atom stereocenters. The smallest absolute Gasteiger partial charge is 0.169 e. The number of aromatic nitrogens is 1. The summed E-state index contributed by atoms with van der Waals surface area (Å²) in [5.74, 6) is -0.499. The number of ketones is 1. The number of nitrogens with zero attached hydrogens (tertiary/aromatic N) is 1. The van der Waals surface area contributed by atoms with E-state index in [0.717, 1.165) is 0 Å². The molecule has 0 N–H and O–H groups in total. The van der Waals surface area contributed by atoms with Crippen LogP contribution in [-0.2, 0) is 6.42 Å². The third-order valence-corrected chi connectivity index (χ3v) is 3.17. The van der Waals surface area contributed by atoms with Crippen LogP contribution in [0.4, 0.5) is 4.39 Å². The minimum absolute atomic E-state index is 0.0473. The first-order valence-corrected chi connectivity index (χ1v) is 6.26. The Morgan fingerprint density at radius 3 is 2.83 bits per heavy atom. The van der Waals surface area contributed by atoms with Gasteiger partial charge in [0.2, 0.25) is 0 Å². The molecule has 4 heteroatoms. The Hall–Kier alpha value is -1.55. The number of halogens is 2. The third kappa shape index (κ3) is 2.82. The summed E-state index contributed by atoms with van der Waals surface area (Å²) in [6, 6.07) is 8.11. The molecule has 0 saturated heterocycles. The molecule has 0 atom stereocenters. The number of Topliss-reactive ketones (excluding diaryl/α,β-unsaturated/α-hetero) is 1. The number of carbonyl (C=O) groups is 1. The molecule has 0 aliphatic carbocycles. The van der Waals surface area contributed by atoms with Crippen LogP contribution in [0.15, 0.2) is 41.0 Å². The van der Waals surface area contributed by atoms with Crippen molar-refractivity contribution in [1.82, 2.24) is 4.98 Å². The molecule has 0 aliphatic heterocycles. The lowest BCUT2D eigenvalue weighted by Gasteiger charge is -2.05. The van der Waals surface area contributed by atoms with E-state index >= 15 is 0 Å². The Bertz CT molecular complexity index is 598. The molecule has 0 saturated carbocycles. The van der Waals surface area contributed by atoms with E-state index < -0.39 is 0 Å². The highest BCUT2D eigenvalue weighted by Gasteiger charge is 2.13. The first-order chi connectivity index (χ1) is 8.58. The van der Waals surface area contributed by atoms with Gasteiger partial charge in [-0.1, -0.05) is 22.0 Å². The minimum Gasteiger partial charge on any atom is -0.294 e. The van der Waals surface area contributed by atoms with Crippen LogP contribution in [0.1, 0.15) is 21.6 Å². The Morgan fingerprint density at radius 1 is 1.39 bits per heavy atom. The fourth-order valence-corrected chi connectivity index (χ4v) is 2.05. The third-order valence-electron chi connectivity index (χ3n) is 2.67. The number of hydrogen-bond acceptors (Lipinski definition) is 2. The average Bonchev–Trinajstić information content (AvgIpc) is 2.33. The highest BCUT2D eigenvalue weighted by Crippen LogP contribution is 2.17. The Morgan fingerprint density at radius 2 is 2.17 bits per heavy atom. The minimum atomic E-state index is -0.376. The van der Waals surface area contributed by atoms with Crippen LogP contribution < -0.4 is 0 Å². The molecule has 18 heavy (non-hydrogen) atoms. The average molecular weight is 308 g/mol. The molecule has 0 radical (unpaired) electrons. The highest BCUT2D eigenvalue weighted by molar-refractivity contribution is 9.10. The van der Waals surface area contributed by atoms with E-state index in [-0.39, 0.29) is 18.0 Å². The Labute approximate surface area is 113 Å². The fraction of sp³-hybridized carbons (Fsp3) is 0.143. The van der Waals surface area contributed by atoms with Crippen molar-refractivity contribution in [2.75, 3.05) is 0 Å². The molecule has 1 aromatic carbocycles. The molecule has 0 amide bonds. The number of pyridine rings is 1. The fourth-order valence-electron chi connectivity index (χ4n) is 1.71. The van der Waals surface area contributed by atoms with Gasteiger partial charge < -0.3 is 0 Å². The SMILES string of the molecule is Cc1ncccc1C(=O)Cc1ccc(Br)cc1F. The van der Waals surface area contributed by atoms with Crippen molar-refractivity contribution in [3.05, 3.63) is 63.6 Å². The molecule has 2 rings (SSSR count). The van der Waals surface area contributed by atoms with Crippen LogP contribution in [-0.4, -0.2) is 10.8 Å². The van der Waals surface area contributed by atoms with E-state index in [1.807, 2.05) is 0 Å². The predicted molar refractivity (Wildman–Crippen MR) is 71.1 cm³/mol. The van der Waals surface area contributed by atoms with Gasteiger partial charge in [0.25, 0.3) is 0 Å². The number of aryl methyl sites for hydroxylation is 1. The molecule has 1 heterocycles. The maximum Gasteiger partial charge on any atom is 0.169 e. The molecule has 2 aromatic rings. The van der Waals surface area contributed by atoms with Gasteiger partial charge in [-0.25, -0.2) is 4.39 Å². The van der Waals surface area contributed by atoms with E-state index in [2.05, 4.69) is 20.9 Å². The molecule has 92 valence electrons. The molecular formula is C14H11BrFNO. The van der Waals surface area contributed by atoms with Crippen LogP contribution in [0.5, 0.6) is 0 Å². The van der Waals surface area contributed by atoms with Gasteiger partial charge in [-0.05, 0) is 36.8 Å². The van der Waals surface area contributed by atoms with E-state index in [1.54, 1.807) is 37.4 Å². The van der Waals surface area contributed by atoms with Gasteiger partial charge in [0, 0.05) is 28.3 Å². The summed E-state index contributed by atoms with van der Waals surface area (Å²) in [5.41, 5.74) is 1.60. The van der Waals surface area contributed by atoms with Gasteiger partial charge >= 0.3 is 0 Å². The standard InChI is InChI=1S/C14H11BrFNO/c1-9-12(3-2-6-17-9)14(18)7-10-4-5-11(15)8-13(10)16/h2-6,8H,7H2,1H3. The van der Waals surface area contributed by atoms with Crippen molar-refractivity contribution in [2.24, 2.45) is 0 Å². The number of rotatable bonds is 3. The molecular weight excluding hydrogens is 297 g/mol. The van der Waals surface area contributed by atoms with Gasteiger partial charge in [0.05, 0.1) is 0 Å². The first-order valence-electron chi connectivity index (χ1n) is 5.46. The summed E-state index contributed by atoms with van der Waals surface area (Å²) in [6.45, 7) is 1.77. The lowest BCUT2D eigenvalue weighted by atomic mass is 10.0. The second kappa shape index (κ2) is 5.40. The summed E-state index contributed by atoms with van der Waals surface area (Å²) >= 11 is 3.18. The zero-order valence-corrected chi connectivity index (χ0v) is 11.4. The van der Waals surface area contributed by atoms with Crippen LogP contribution >= 0.6 is 15.9 Å². The summed E-state index contributed by atoms with van der Waals surface area (Å²) in [6.07, 6.45) is 1.68. The summed E-state index contributed by atoms with van der Waals surface area (Å²) < 4.78 is 14.3. The zero-order chi connectivity index (χ0) is 13.1. The van der Waals surface area contributed by atoms with Gasteiger partial charge in [-0.2, -0.15) is 0 Å². The molecule has 0 fully saturated rings. The number of benzene rings is 1. The van der Waals surface area contributed by atoms with Crippen LogP contribution in [0.2, 0.25) is 0 Å². The monoisotopic (exact) mass is 307 g/mol. The number of carbonyl (C=O) groups excluding carboxylic acids is 1. The molecule has 0 spiro atoms. The molecule has 0 bridgehead atoms. The molecule has 2 nitrogen and oxygen atoms in total.